The van der Waals surface area contributed by atoms with Gasteiger partial charge in [0.05, 0.1) is 11.5 Å². The second-order valence-corrected chi connectivity index (χ2v) is 5.41. The number of amides is 1. The van der Waals surface area contributed by atoms with Gasteiger partial charge in [0.1, 0.15) is 0 Å². The number of primary amides is 1. The van der Waals surface area contributed by atoms with Crippen molar-refractivity contribution in [3.8, 4) is 0 Å². The van der Waals surface area contributed by atoms with Crippen LogP contribution in [-0.2, 0) is 9.53 Å². The zero-order chi connectivity index (χ0) is 11.8. The van der Waals surface area contributed by atoms with Gasteiger partial charge in [-0.2, -0.15) is 0 Å². The predicted molar refractivity (Wildman–Crippen MR) is 61.9 cm³/mol. The van der Waals surface area contributed by atoms with Gasteiger partial charge in [-0.1, -0.05) is 0 Å². The van der Waals surface area contributed by atoms with E-state index < -0.39 is 0 Å². The Morgan fingerprint density at radius 1 is 1.50 bits per heavy atom. The van der Waals surface area contributed by atoms with Crippen molar-refractivity contribution in [1.82, 2.24) is 4.90 Å². The number of carbonyl (C=O) groups excluding carboxylic acids is 1. The molecule has 2 unspecified atom stereocenters. The summed E-state index contributed by atoms with van der Waals surface area (Å²) in [5.41, 5.74) is 5.30. The van der Waals surface area contributed by atoms with Crippen molar-refractivity contribution >= 4 is 5.91 Å². The van der Waals surface area contributed by atoms with Crippen LogP contribution in [0.25, 0.3) is 0 Å². The lowest BCUT2D eigenvalue weighted by Crippen LogP contribution is -2.43. The molecular formula is C12H22N2O2. The summed E-state index contributed by atoms with van der Waals surface area (Å²) in [5, 5.41) is 0. The number of carbonyl (C=O) groups is 1. The summed E-state index contributed by atoms with van der Waals surface area (Å²) in [6, 6.07) is 0. The van der Waals surface area contributed by atoms with Crippen LogP contribution in [-0.4, -0.2) is 43.2 Å². The SMILES string of the molecule is COC(C)(CN1CCC(C(N)=O)C1)C1CC1. The van der Waals surface area contributed by atoms with Gasteiger partial charge in [0.2, 0.25) is 5.91 Å². The number of ether oxygens (including phenoxy) is 1. The molecule has 1 amide bonds. The molecule has 2 aliphatic rings. The molecule has 0 radical (unpaired) electrons. The number of methoxy groups -OCH3 is 1. The van der Waals surface area contributed by atoms with E-state index >= 15 is 0 Å². The van der Waals surface area contributed by atoms with Crippen LogP contribution in [0.1, 0.15) is 26.2 Å². The lowest BCUT2D eigenvalue weighted by atomic mass is 9.99. The van der Waals surface area contributed by atoms with Gasteiger partial charge in [-0.25, -0.2) is 0 Å². The summed E-state index contributed by atoms with van der Waals surface area (Å²) >= 11 is 0. The molecule has 1 aliphatic heterocycles. The van der Waals surface area contributed by atoms with E-state index in [2.05, 4.69) is 11.8 Å². The molecule has 1 heterocycles. The summed E-state index contributed by atoms with van der Waals surface area (Å²) in [7, 11) is 1.79. The van der Waals surface area contributed by atoms with Gasteiger partial charge >= 0.3 is 0 Å². The molecule has 16 heavy (non-hydrogen) atoms. The Kier molecular flexibility index (Phi) is 3.22. The fourth-order valence-corrected chi connectivity index (χ4v) is 2.71. The van der Waals surface area contributed by atoms with Gasteiger partial charge in [0, 0.05) is 20.2 Å². The molecular weight excluding hydrogens is 204 g/mol. The van der Waals surface area contributed by atoms with Crippen LogP contribution in [0.15, 0.2) is 0 Å². The quantitative estimate of drug-likeness (QED) is 0.747. The Bertz CT molecular complexity index is 278. The van der Waals surface area contributed by atoms with Gasteiger partial charge < -0.3 is 10.5 Å². The van der Waals surface area contributed by atoms with Crippen LogP contribution in [0.3, 0.4) is 0 Å². The molecule has 1 saturated carbocycles. The van der Waals surface area contributed by atoms with Crippen LogP contribution in [0.2, 0.25) is 0 Å². The molecule has 0 aromatic heterocycles. The lowest BCUT2D eigenvalue weighted by molar-refractivity contribution is -0.121. The van der Waals surface area contributed by atoms with Crippen molar-refractivity contribution < 1.29 is 9.53 Å². The third kappa shape index (κ3) is 2.38. The molecule has 4 heteroatoms. The van der Waals surface area contributed by atoms with E-state index in [-0.39, 0.29) is 17.4 Å². The van der Waals surface area contributed by atoms with E-state index in [4.69, 9.17) is 10.5 Å². The Labute approximate surface area is 97.1 Å². The molecule has 1 saturated heterocycles. The zero-order valence-corrected chi connectivity index (χ0v) is 10.2. The summed E-state index contributed by atoms with van der Waals surface area (Å²) in [6.07, 6.45) is 3.45. The summed E-state index contributed by atoms with van der Waals surface area (Å²) in [6.45, 7) is 4.89. The molecule has 0 aromatic carbocycles. The highest BCUT2D eigenvalue weighted by Crippen LogP contribution is 2.42. The number of nitrogens with two attached hydrogens (primary N) is 1. The molecule has 92 valence electrons. The number of rotatable bonds is 5. The lowest BCUT2D eigenvalue weighted by Gasteiger charge is -2.32. The van der Waals surface area contributed by atoms with Crippen LogP contribution in [0, 0.1) is 11.8 Å². The van der Waals surface area contributed by atoms with E-state index in [1.165, 1.54) is 12.8 Å². The first-order valence-corrected chi connectivity index (χ1v) is 6.12. The van der Waals surface area contributed by atoms with Crippen molar-refractivity contribution in [3.63, 3.8) is 0 Å². The summed E-state index contributed by atoms with van der Waals surface area (Å²) in [5.74, 6) is 0.582. The van der Waals surface area contributed by atoms with Gasteiger partial charge in [0.15, 0.2) is 0 Å². The summed E-state index contributed by atoms with van der Waals surface area (Å²) in [4.78, 5) is 13.4. The minimum absolute atomic E-state index is 0.0352. The fraction of sp³-hybridized carbons (Fsp3) is 0.917. The highest BCUT2D eigenvalue weighted by molar-refractivity contribution is 5.77. The number of likely N-dealkylation sites (tertiary alicyclic amines) is 1. The fourth-order valence-electron chi connectivity index (χ4n) is 2.71. The van der Waals surface area contributed by atoms with Gasteiger partial charge in [-0.15, -0.1) is 0 Å². The maximum atomic E-state index is 11.1. The van der Waals surface area contributed by atoms with Crippen molar-refractivity contribution in [2.45, 2.75) is 31.8 Å². The average Bonchev–Trinajstić information content (AvgIpc) is 3.00. The smallest absolute Gasteiger partial charge is 0.221 e. The topological polar surface area (TPSA) is 55.6 Å². The van der Waals surface area contributed by atoms with E-state index in [1.54, 1.807) is 7.11 Å². The first kappa shape index (κ1) is 11.9. The minimum atomic E-state index is -0.159. The Balaban J connectivity index is 1.88. The normalized spacial score (nSPS) is 30.2. The number of hydrogen-bond acceptors (Lipinski definition) is 3. The molecule has 2 atom stereocenters. The molecule has 0 spiro atoms. The monoisotopic (exact) mass is 226 g/mol. The molecule has 1 aliphatic carbocycles. The molecule has 2 rings (SSSR count). The third-order valence-corrected chi connectivity index (χ3v) is 4.12. The first-order valence-electron chi connectivity index (χ1n) is 6.12. The van der Waals surface area contributed by atoms with Gasteiger partial charge in [0.25, 0.3) is 0 Å². The van der Waals surface area contributed by atoms with Gasteiger partial charge in [-0.05, 0) is 38.6 Å². The summed E-state index contributed by atoms with van der Waals surface area (Å²) < 4.78 is 5.66. The highest BCUT2D eigenvalue weighted by atomic mass is 16.5. The van der Waals surface area contributed by atoms with Crippen molar-refractivity contribution in [2.24, 2.45) is 17.6 Å². The predicted octanol–water partition coefficient (Wildman–Crippen LogP) is 0.609. The third-order valence-electron chi connectivity index (χ3n) is 4.12. The Hall–Kier alpha value is -0.610. The van der Waals surface area contributed by atoms with E-state index in [0.717, 1.165) is 26.1 Å². The average molecular weight is 226 g/mol. The maximum absolute atomic E-state index is 11.1. The molecule has 0 bridgehead atoms. The second kappa shape index (κ2) is 4.34. The zero-order valence-electron chi connectivity index (χ0n) is 10.2. The first-order chi connectivity index (χ1) is 7.55. The van der Waals surface area contributed by atoms with Crippen molar-refractivity contribution in [2.75, 3.05) is 26.7 Å². The molecule has 2 fully saturated rings. The standard InChI is InChI=1S/C12H22N2O2/c1-12(16-2,10-3-4-10)8-14-6-5-9(7-14)11(13)15/h9-10H,3-8H2,1-2H3,(H2,13,15). The Morgan fingerprint density at radius 2 is 2.19 bits per heavy atom. The van der Waals surface area contributed by atoms with Crippen LogP contribution in [0.4, 0.5) is 0 Å². The molecule has 4 nitrogen and oxygen atoms in total. The van der Waals surface area contributed by atoms with E-state index in [9.17, 15) is 4.79 Å². The van der Waals surface area contributed by atoms with Crippen LogP contribution in [0.5, 0.6) is 0 Å². The van der Waals surface area contributed by atoms with Crippen LogP contribution < -0.4 is 5.73 Å². The molecule has 0 aromatic rings. The van der Waals surface area contributed by atoms with Crippen LogP contribution >= 0.6 is 0 Å². The van der Waals surface area contributed by atoms with E-state index in [0.29, 0.717) is 5.92 Å². The number of nitrogens with zero attached hydrogens (tertiary/aromatic N) is 1. The number of hydrogen-bond donors (Lipinski definition) is 1. The van der Waals surface area contributed by atoms with Crippen molar-refractivity contribution in [3.05, 3.63) is 0 Å². The minimum Gasteiger partial charge on any atom is -0.377 e. The Morgan fingerprint density at radius 3 is 2.62 bits per heavy atom. The van der Waals surface area contributed by atoms with Gasteiger partial charge in [-0.3, -0.25) is 9.69 Å². The maximum Gasteiger partial charge on any atom is 0.221 e. The van der Waals surface area contributed by atoms with Crippen molar-refractivity contribution in [1.29, 1.82) is 0 Å². The molecule has 2 N–H and O–H groups in total. The van der Waals surface area contributed by atoms with E-state index in [1.807, 2.05) is 0 Å². The highest BCUT2D eigenvalue weighted by Gasteiger charge is 2.43. The largest absolute Gasteiger partial charge is 0.377 e. The second-order valence-electron chi connectivity index (χ2n) is 5.41.